The highest BCUT2D eigenvalue weighted by molar-refractivity contribution is 5.82. The van der Waals surface area contributed by atoms with Gasteiger partial charge in [0.25, 0.3) is 0 Å². The van der Waals surface area contributed by atoms with Crippen LogP contribution in [0.15, 0.2) is 18.2 Å². The minimum absolute atomic E-state index is 0.0948. The van der Waals surface area contributed by atoms with E-state index in [-0.39, 0.29) is 35.8 Å². The van der Waals surface area contributed by atoms with Crippen molar-refractivity contribution in [3.8, 4) is 0 Å². The SMILES string of the molecule is CC(CCO)CNC(=O)C1CC1c1cc(F)ccc1F. The second-order valence-electron chi connectivity index (χ2n) is 5.48. The van der Waals surface area contributed by atoms with Crippen LogP contribution in [0.3, 0.4) is 0 Å². The first kappa shape index (κ1) is 14.9. The van der Waals surface area contributed by atoms with Crippen LogP contribution in [0.1, 0.15) is 31.2 Å². The summed E-state index contributed by atoms with van der Waals surface area (Å²) >= 11 is 0. The Kier molecular flexibility index (Phi) is 4.70. The van der Waals surface area contributed by atoms with Gasteiger partial charge in [0.05, 0.1) is 0 Å². The van der Waals surface area contributed by atoms with E-state index in [1.165, 1.54) is 6.07 Å². The quantitative estimate of drug-likeness (QED) is 0.841. The number of amides is 1. The summed E-state index contributed by atoms with van der Waals surface area (Å²) in [5.74, 6) is -1.36. The number of hydrogen-bond donors (Lipinski definition) is 2. The first-order valence-corrected chi connectivity index (χ1v) is 6.86. The third-order valence-electron chi connectivity index (χ3n) is 3.73. The van der Waals surface area contributed by atoms with Gasteiger partial charge < -0.3 is 10.4 Å². The first-order valence-electron chi connectivity index (χ1n) is 6.86. The summed E-state index contributed by atoms with van der Waals surface area (Å²) < 4.78 is 26.7. The van der Waals surface area contributed by atoms with E-state index < -0.39 is 11.6 Å². The molecule has 3 atom stereocenters. The summed E-state index contributed by atoms with van der Waals surface area (Å²) in [7, 11) is 0. The van der Waals surface area contributed by atoms with Crippen LogP contribution in [0.4, 0.5) is 8.78 Å². The molecule has 1 aliphatic rings. The van der Waals surface area contributed by atoms with E-state index in [4.69, 9.17) is 5.11 Å². The Morgan fingerprint density at radius 2 is 2.25 bits per heavy atom. The van der Waals surface area contributed by atoms with E-state index in [2.05, 4.69) is 5.32 Å². The predicted octanol–water partition coefficient (Wildman–Crippen LogP) is 2.20. The molecule has 1 aromatic rings. The van der Waals surface area contributed by atoms with Gasteiger partial charge in [0.2, 0.25) is 5.91 Å². The lowest BCUT2D eigenvalue weighted by Crippen LogP contribution is -2.30. The summed E-state index contributed by atoms with van der Waals surface area (Å²) in [6.07, 6.45) is 1.19. The molecule has 1 amide bonds. The van der Waals surface area contributed by atoms with Crippen molar-refractivity contribution >= 4 is 5.91 Å². The third kappa shape index (κ3) is 3.54. The van der Waals surface area contributed by atoms with E-state index in [0.717, 1.165) is 12.1 Å². The number of halogens is 2. The molecule has 1 fully saturated rings. The summed E-state index contributed by atoms with van der Waals surface area (Å²) in [6, 6.07) is 3.34. The zero-order valence-corrected chi connectivity index (χ0v) is 11.4. The van der Waals surface area contributed by atoms with Crippen LogP contribution in [-0.4, -0.2) is 24.2 Å². The maximum Gasteiger partial charge on any atom is 0.223 e. The van der Waals surface area contributed by atoms with Crippen molar-refractivity contribution in [2.75, 3.05) is 13.2 Å². The molecule has 5 heteroatoms. The van der Waals surface area contributed by atoms with E-state index in [9.17, 15) is 13.6 Å². The number of nitrogens with one attached hydrogen (secondary N) is 1. The topological polar surface area (TPSA) is 49.3 Å². The Labute approximate surface area is 117 Å². The average molecular weight is 283 g/mol. The lowest BCUT2D eigenvalue weighted by atomic mass is 10.1. The molecule has 1 saturated carbocycles. The molecule has 1 aromatic carbocycles. The Hall–Kier alpha value is -1.49. The molecular formula is C15H19F2NO2. The molecule has 20 heavy (non-hydrogen) atoms. The van der Waals surface area contributed by atoms with Gasteiger partial charge >= 0.3 is 0 Å². The van der Waals surface area contributed by atoms with Crippen molar-refractivity contribution < 1.29 is 18.7 Å². The lowest BCUT2D eigenvalue weighted by Gasteiger charge is -2.11. The normalized spacial score (nSPS) is 22.4. The van der Waals surface area contributed by atoms with Crippen LogP contribution < -0.4 is 5.32 Å². The molecule has 0 bridgehead atoms. The molecular weight excluding hydrogens is 264 g/mol. The van der Waals surface area contributed by atoms with Crippen molar-refractivity contribution in [1.29, 1.82) is 0 Å². The summed E-state index contributed by atoms with van der Waals surface area (Å²) in [4.78, 5) is 11.9. The maximum absolute atomic E-state index is 13.6. The van der Waals surface area contributed by atoms with Crippen molar-refractivity contribution in [3.63, 3.8) is 0 Å². The number of aliphatic hydroxyl groups is 1. The van der Waals surface area contributed by atoms with Gasteiger partial charge in [0.15, 0.2) is 0 Å². The molecule has 3 unspecified atom stereocenters. The fourth-order valence-corrected chi connectivity index (χ4v) is 2.36. The molecule has 110 valence electrons. The average Bonchev–Trinajstić information content (AvgIpc) is 3.19. The second kappa shape index (κ2) is 6.31. The third-order valence-corrected chi connectivity index (χ3v) is 3.73. The van der Waals surface area contributed by atoms with Gasteiger partial charge in [-0.1, -0.05) is 6.92 Å². The molecule has 3 nitrogen and oxygen atoms in total. The summed E-state index contributed by atoms with van der Waals surface area (Å²) in [5.41, 5.74) is 0.286. The number of hydrogen-bond acceptors (Lipinski definition) is 2. The van der Waals surface area contributed by atoms with Crippen molar-refractivity contribution in [2.24, 2.45) is 11.8 Å². The zero-order valence-electron chi connectivity index (χ0n) is 11.4. The van der Waals surface area contributed by atoms with E-state index in [1.54, 1.807) is 0 Å². The largest absolute Gasteiger partial charge is 0.396 e. The van der Waals surface area contributed by atoms with E-state index in [0.29, 0.717) is 19.4 Å². The fourth-order valence-electron chi connectivity index (χ4n) is 2.36. The number of benzene rings is 1. The van der Waals surface area contributed by atoms with Gasteiger partial charge in [-0.05, 0) is 48.4 Å². The molecule has 0 saturated heterocycles. The number of aliphatic hydroxyl groups excluding tert-OH is 1. The molecule has 0 heterocycles. The van der Waals surface area contributed by atoms with Crippen LogP contribution in [0.2, 0.25) is 0 Å². The standard InChI is InChI=1S/C15H19F2NO2/c1-9(4-5-19)8-18-15(20)13-7-11(13)12-6-10(16)2-3-14(12)17/h2-3,6,9,11,13,19H,4-5,7-8H2,1H3,(H,18,20). The zero-order chi connectivity index (χ0) is 14.7. The number of rotatable bonds is 6. The second-order valence-corrected chi connectivity index (χ2v) is 5.48. The molecule has 0 radical (unpaired) electrons. The van der Waals surface area contributed by atoms with Gasteiger partial charge in [-0.2, -0.15) is 0 Å². The number of carbonyl (C=O) groups excluding carboxylic acids is 1. The minimum Gasteiger partial charge on any atom is -0.396 e. The van der Waals surface area contributed by atoms with Crippen LogP contribution in [0.25, 0.3) is 0 Å². The molecule has 1 aliphatic carbocycles. The van der Waals surface area contributed by atoms with Gasteiger partial charge in [-0.25, -0.2) is 8.78 Å². The van der Waals surface area contributed by atoms with Crippen LogP contribution >= 0.6 is 0 Å². The highest BCUT2D eigenvalue weighted by Gasteiger charge is 2.45. The summed E-state index contributed by atoms with van der Waals surface area (Å²) in [6.45, 7) is 2.53. The van der Waals surface area contributed by atoms with Crippen molar-refractivity contribution in [2.45, 2.75) is 25.7 Å². The molecule has 0 aromatic heterocycles. The summed E-state index contributed by atoms with van der Waals surface area (Å²) in [5, 5.41) is 11.6. The Balaban J connectivity index is 1.88. The Morgan fingerprint density at radius 1 is 1.50 bits per heavy atom. The highest BCUT2D eigenvalue weighted by atomic mass is 19.1. The minimum atomic E-state index is -0.482. The maximum atomic E-state index is 13.6. The van der Waals surface area contributed by atoms with Crippen LogP contribution in [0, 0.1) is 23.5 Å². The number of carbonyl (C=O) groups is 1. The Morgan fingerprint density at radius 3 is 2.95 bits per heavy atom. The van der Waals surface area contributed by atoms with Crippen LogP contribution in [0.5, 0.6) is 0 Å². The molecule has 0 spiro atoms. The van der Waals surface area contributed by atoms with Crippen LogP contribution in [-0.2, 0) is 4.79 Å². The van der Waals surface area contributed by atoms with Gasteiger partial charge in [0.1, 0.15) is 11.6 Å². The predicted molar refractivity (Wildman–Crippen MR) is 71.1 cm³/mol. The molecule has 0 aliphatic heterocycles. The van der Waals surface area contributed by atoms with Gasteiger partial charge in [-0.3, -0.25) is 4.79 Å². The van der Waals surface area contributed by atoms with Crippen molar-refractivity contribution in [1.82, 2.24) is 5.32 Å². The molecule has 2 N–H and O–H groups in total. The lowest BCUT2D eigenvalue weighted by molar-refractivity contribution is -0.122. The van der Waals surface area contributed by atoms with Crippen molar-refractivity contribution in [3.05, 3.63) is 35.4 Å². The van der Waals surface area contributed by atoms with E-state index >= 15 is 0 Å². The highest BCUT2D eigenvalue weighted by Crippen LogP contribution is 2.48. The smallest absolute Gasteiger partial charge is 0.223 e. The molecule has 2 rings (SSSR count). The van der Waals surface area contributed by atoms with E-state index in [1.807, 2.05) is 6.92 Å². The monoisotopic (exact) mass is 283 g/mol. The first-order chi connectivity index (χ1) is 9.52. The van der Waals surface area contributed by atoms with Gasteiger partial charge in [0, 0.05) is 19.1 Å². The fraction of sp³-hybridized carbons (Fsp3) is 0.533. The van der Waals surface area contributed by atoms with Gasteiger partial charge in [-0.15, -0.1) is 0 Å². The Bertz CT molecular complexity index is 493.